The van der Waals surface area contributed by atoms with Crippen molar-refractivity contribution in [1.29, 1.82) is 0 Å². The minimum atomic E-state index is -0.599. The van der Waals surface area contributed by atoms with Gasteiger partial charge in [-0.05, 0) is 17.7 Å². The maximum atomic E-state index is 12.4. The number of allylic oxidation sites excluding steroid dienone is 1. The van der Waals surface area contributed by atoms with Gasteiger partial charge in [-0.25, -0.2) is 0 Å². The van der Waals surface area contributed by atoms with E-state index in [0.29, 0.717) is 17.6 Å². The smallest absolute Gasteiger partial charge is 0.280 e. The number of aromatic hydroxyl groups is 1. The molecule has 0 spiro atoms. The van der Waals surface area contributed by atoms with E-state index < -0.39 is 4.92 Å². The van der Waals surface area contributed by atoms with E-state index in [1.54, 1.807) is 12.1 Å². The molecule has 0 heterocycles. The molecular weight excluding hydrogens is 298 g/mol. The summed E-state index contributed by atoms with van der Waals surface area (Å²) in [6.07, 6.45) is 1.91. The minimum Gasteiger partial charge on any atom is -0.504 e. The van der Waals surface area contributed by atoms with Gasteiger partial charge in [-0.15, -0.1) is 0 Å². The standard InChI is InChI=1S/C17H13NO5/c1-23-16-8-11(14(18(21)22)9-15(16)19)7-12-6-10-4-2-3-5-13(10)17(12)20/h2-5,7-9,19H,6H2,1H3/b12-7+. The Morgan fingerprint density at radius 1 is 1.30 bits per heavy atom. The van der Waals surface area contributed by atoms with E-state index in [2.05, 4.69) is 0 Å². The summed E-state index contributed by atoms with van der Waals surface area (Å²) in [5, 5.41) is 20.9. The molecule has 0 aromatic heterocycles. The van der Waals surface area contributed by atoms with Gasteiger partial charge in [0.15, 0.2) is 17.3 Å². The highest BCUT2D eigenvalue weighted by Gasteiger charge is 2.26. The third kappa shape index (κ3) is 2.55. The fourth-order valence-corrected chi connectivity index (χ4v) is 2.67. The lowest BCUT2D eigenvalue weighted by atomic mass is 10.1. The van der Waals surface area contributed by atoms with Crippen molar-refractivity contribution in [3.8, 4) is 11.5 Å². The Morgan fingerprint density at radius 2 is 2.04 bits per heavy atom. The first-order valence-electron chi connectivity index (χ1n) is 6.90. The summed E-state index contributed by atoms with van der Waals surface area (Å²) in [6.45, 7) is 0. The number of nitro groups is 1. The number of Topliss-reactive ketones (excluding diaryl/α,β-unsaturated/α-hetero) is 1. The highest BCUT2D eigenvalue weighted by Crippen LogP contribution is 2.36. The number of nitro benzene ring substituents is 1. The molecule has 1 aliphatic carbocycles. The van der Waals surface area contributed by atoms with Crippen LogP contribution in [0.3, 0.4) is 0 Å². The fourth-order valence-electron chi connectivity index (χ4n) is 2.67. The van der Waals surface area contributed by atoms with Gasteiger partial charge in [0.1, 0.15) is 0 Å². The molecule has 0 saturated heterocycles. The minimum absolute atomic E-state index is 0.116. The fraction of sp³-hybridized carbons (Fsp3) is 0.118. The van der Waals surface area contributed by atoms with Gasteiger partial charge in [-0.3, -0.25) is 14.9 Å². The zero-order chi connectivity index (χ0) is 16.6. The Morgan fingerprint density at radius 3 is 2.70 bits per heavy atom. The number of hydrogen-bond donors (Lipinski definition) is 1. The second-order valence-electron chi connectivity index (χ2n) is 5.17. The lowest BCUT2D eigenvalue weighted by molar-refractivity contribution is -0.385. The van der Waals surface area contributed by atoms with Crippen LogP contribution in [0, 0.1) is 10.1 Å². The van der Waals surface area contributed by atoms with Crippen LogP contribution in [0.2, 0.25) is 0 Å². The van der Waals surface area contributed by atoms with Crippen molar-refractivity contribution in [2.45, 2.75) is 6.42 Å². The molecule has 0 amide bonds. The lowest BCUT2D eigenvalue weighted by Crippen LogP contribution is -1.98. The topological polar surface area (TPSA) is 89.7 Å². The molecule has 0 saturated carbocycles. The number of phenolic OH excluding ortho intramolecular Hbond substituents is 1. The summed E-state index contributed by atoms with van der Waals surface area (Å²) in [6, 6.07) is 9.62. The van der Waals surface area contributed by atoms with Crippen molar-refractivity contribution in [3.05, 3.63) is 68.8 Å². The second-order valence-corrected chi connectivity index (χ2v) is 5.17. The Bertz CT molecular complexity index is 854. The van der Waals surface area contributed by atoms with Crippen molar-refractivity contribution >= 4 is 17.5 Å². The Labute approximate surface area is 131 Å². The number of nitrogens with zero attached hydrogens (tertiary/aromatic N) is 1. The largest absolute Gasteiger partial charge is 0.504 e. The van der Waals surface area contributed by atoms with Gasteiger partial charge in [-0.2, -0.15) is 0 Å². The molecule has 6 nitrogen and oxygen atoms in total. The number of fused-ring (bicyclic) bond motifs is 1. The van der Waals surface area contributed by atoms with E-state index >= 15 is 0 Å². The summed E-state index contributed by atoms with van der Waals surface area (Å²) < 4.78 is 4.99. The zero-order valence-corrected chi connectivity index (χ0v) is 12.3. The number of phenols is 1. The quantitative estimate of drug-likeness (QED) is 0.534. The Balaban J connectivity index is 2.10. The molecule has 0 fully saturated rings. The van der Waals surface area contributed by atoms with Gasteiger partial charge in [0, 0.05) is 17.6 Å². The van der Waals surface area contributed by atoms with Crippen LogP contribution in [-0.2, 0) is 6.42 Å². The second kappa shape index (κ2) is 5.57. The predicted molar refractivity (Wildman–Crippen MR) is 83.8 cm³/mol. The normalized spacial score (nSPS) is 14.8. The first kappa shape index (κ1) is 14.8. The van der Waals surface area contributed by atoms with Gasteiger partial charge < -0.3 is 9.84 Å². The van der Waals surface area contributed by atoms with Crippen LogP contribution in [0.5, 0.6) is 11.5 Å². The number of ether oxygens (including phenoxy) is 1. The molecule has 23 heavy (non-hydrogen) atoms. The van der Waals surface area contributed by atoms with Crippen molar-refractivity contribution in [1.82, 2.24) is 0 Å². The average molecular weight is 311 g/mol. The summed E-state index contributed by atoms with van der Waals surface area (Å²) in [4.78, 5) is 23.0. The molecule has 6 heteroatoms. The number of ketones is 1. The van der Waals surface area contributed by atoms with Crippen LogP contribution in [-0.4, -0.2) is 22.9 Å². The number of carbonyl (C=O) groups excluding carboxylic acids is 1. The number of hydrogen-bond acceptors (Lipinski definition) is 5. The highest BCUT2D eigenvalue weighted by molar-refractivity contribution is 6.15. The van der Waals surface area contributed by atoms with Gasteiger partial charge >= 0.3 is 0 Å². The Kier molecular flexibility index (Phi) is 3.57. The molecule has 1 aliphatic rings. The third-order valence-corrected chi connectivity index (χ3v) is 3.79. The summed E-state index contributed by atoms with van der Waals surface area (Å²) in [5.74, 6) is -0.338. The van der Waals surface area contributed by atoms with Crippen molar-refractivity contribution in [3.63, 3.8) is 0 Å². The van der Waals surface area contributed by atoms with E-state index in [9.17, 15) is 20.0 Å². The molecule has 3 rings (SSSR count). The molecule has 2 aromatic carbocycles. The summed E-state index contributed by atoms with van der Waals surface area (Å²) >= 11 is 0. The first-order chi connectivity index (χ1) is 11.0. The molecule has 0 radical (unpaired) electrons. The highest BCUT2D eigenvalue weighted by atomic mass is 16.6. The van der Waals surface area contributed by atoms with Crippen LogP contribution in [0.1, 0.15) is 21.5 Å². The number of rotatable bonds is 3. The SMILES string of the molecule is COc1cc(/C=C2\Cc3ccccc3C2=O)c([N+](=O)[O-])cc1O. The summed E-state index contributed by atoms with van der Waals surface area (Å²) in [5.41, 5.74) is 1.94. The first-order valence-corrected chi connectivity index (χ1v) is 6.90. The van der Waals surface area contributed by atoms with E-state index in [4.69, 9.17) is 4.74 Å². The van der Waals surface area contributed by atoms with Crippen LogP contribution in [0.15, 0.2) is 42.0 Å². The van der Waals surface area contributed by atoms with Crippen LogP contribution in [0.25, 0.3) is 6.08 Å². The monoisotopic (exact) mass is 311 g/mol. The molecule has 1 N–H and O–H groups in total. The summed E-state index contributed by atoms with van der Waals surface area (Å²) in [7, 11) is 1.36. The lowest BCUT2D eigenvalue weighted by Gasteiger charge is -2.06. The van der Waals surface area contributed by atoms with Gasteiger partial charge in [0.2, 0.25) is 0 Å². The van der Waals surface area contributed by atoms with E-state index in [-0.39, 0.29) is 28.5 Å². The number of carbonyl (C=O) groups is 1. The van der Waals surface area contributed by atoms with E-state index in [0.717, 1.165) is 11.6 Å². The third-order valence-electron chi connectivity index (χ3n) is 3.79. The van der Waals surface area contributed by atoms with E-state index in [1.165, 1.54) is 19.3 Å². The maximum absolute atomic E-state index is 12.4. The van der Waals surface area contributed by atoms with Crippen molar-refractivity contribution in [2.24, 2.45) is 0 Å². The van der Waals surface area contributed by atoms with E-state index in [1.807, 2.05) is 12.1 Å². The van der Waals surface area contributed by atoms with Gasteiger partial charge in [0.05, 0.1) is 23.7 Å². The molecule has 116 valence electrons. The predicted octanol–water partition coefficient (Wildman–Crippen LogP) is 3.13. The van der Waals surface area contributed by atoms with Gasteiger partial charge in [0.25, 0.3) is 5.69 Å². The Hall–Kier alpha value is -3.15. The van der Waals surface area contributed by atoms with Crippen LogP contribution < -0.4 is 4.74 Å². The molecule has 2 aromatic rings. The molecule has 0 unspecified atom stereocenters. The van der Waals surface area contributed by atoms with Crippen LogP contribution >= 0.6 is 0 Å². The van der Waals surface area contributed by atoms with Crippen molar-refractivity contribution < 1.29 is 19.6 Å². The maximum Gasteiger partial charge on any atom is 0.280 e. The van der Waals surface area contributed by atoms with Crippen LogP contribution in [0.4, 0.5) is 5.69 Å². The molecule has 0 bridgehead atoms. The molecular formula is C17H13NO5. The molecule has 0 atom stereocenters. The zero-order valence-electron chi connectivity index (χ0n) is 12.3. The number of benzene rings is 2. The van der Waals surface area contributed by atoms with Gasteiger partial charge in [-0.1, -0.05) is 24.3 Å². The molecule has 0 aliphatic heterocycles. The number of methoxy groups -OCH3 is 1. The van der Waals surface area contributed by atoms with Crippen molar-refractivity contribution in [2.75, 3.05) is 7.11 Å². The average Bonchev–Trinajstić information content (AvgIpc) is 2.85.